The molecule has 0 fully saturated rings. The largest absolute Gasteiger partial charge is 0.465 e. The van der Waals surface area contributed by atoms with Gasteiger partial charge in [-0.25, -0.2) is 14.6 Å². The maximum Gasteiger partial charge on any atom is 0.407 e. The van der Waals surface area contributed by atoms with E-state index in [4.69, 9.17) is 9.84 Å². The molecule has 0 radical (unpaired) electrons. The first-order valence-corrected chi connectivity index (χ1v) is 9.69. The Labute approximate surface area is 174 Å². The van der Waals surface area contributed by atoms with Crippen molar-refractivity contribution in [2.45, 2.75) is 33.5 Å². The van der Waals surface area contributed by atoms with E-state index in [2.05, 4.69) is 15.6 Å². The summed E-state index contributed by atoms with van der Waals surface area (Å²) in [5, 5.41) is 14.1. The number of imidazole rings is 1. The van der Waals surface area contributed by atoms with E-state index in [9.17, 15) is 9.59 Å². The Kier molecular flexibility index (Phi) is 6.56. The van der Waals surface area contributed by atoms with Gasteiger partial charge in [-0.2, -0.15) is 0 Å². The molecule has 3 aromatic rings. The zero-order chi connectivity index (χ0) is 21.6. The molecule has 1 heterocycles. The average molecular weight is 410 g/mol. The number of carboxylic acid groups (broad SMARTS) is 1. The molecular weight excluding hydrogens is 384 g/mol. The number of benzene rings is 2. The molecule has 0 atom stereocenters. The van der Waals surface area contributed by atoms with E-state index in [1.54, 1.807) is 0 Å². The van der Waals surface area contributed by atoms with Crippen molar-refractivity contribution in [1.29, 1.82) is 0 Å². The van der Waals surface area contributed by atoms with Crippen LogP contribution in [-0.4, -0.2) is 33.4 Å². The summed E-state index contributed by atoms with van der Waals surface area (Å²) in [6.45, 7) is 5.17. The Morgan fingerprint density at radius 1 is 1.07 bits per heavy atom. The highest BCUT2D eigenvalue weighted by atomic mass is 16.5. The molecule has 8 nitrogen and oxygen atoms in total. The highest BCUT2D eigenvalue weighted by molar-refractivity contribution is 5.76. The first kappa shape index (κ1) is 21.2. The summed E-state index contributed by atoms with van der Waals surface area (Å²) in [7, 11) is 0. The molecule has 0 spiro atoms. The number of para-hydroxylation sites is 2. The fourth-order valence-electron chi connectivity index (χ4n) is 3.16. The van der Waals surface area contributed by atoms with Gasteiger partial charge in [0.15, 0.2) is 0 Å². The van der Waals surface area contributed by atoms with E-state index in [0.717, 1.165) is 16.6 Å². The number of amides is 2. The van der Waals surface area contributed by atoms with E-state index in [0.29, 0.717) is 18.9 Å². The van der Waals surface area contributed by atoms with E-state index < -0.39 is 12.2 Å². The van der Waals surface area contributed by atoms with Gasteiger partial charge < -0.3 is 25.0 Å². The van der Waals surface area contributed by atoms with Gasteiger partial charge in [0.25, 0.3) is 0 Å². The van der Waals surface area contributed by atoms with Crippen molar-refractivity contribution in [3.8, 4) is 0 Å². The molecule has 0 bridgehead atoms. The van der Waals surface area contributed by atoms with Crippen molar-refractivity contribution in [3.05, 3.63) is 66.0 Å². The zero-order valence-electron chi connectivity index (χ0n) is 17.1. The molecule has 2 aromatic carbocycles. The lowest BCUT2D eigenvalue weighted by atomic mass is 9.93. The first-order valence-electron chi connectivity index (χ1n) is 9.69. The lowest BCUT2D eigenvalue weighted by molar-refractivity contribution is 0.138. The molecule has 0 aliphatic heterocycles. The summed E-state index contributed by atoms with van der Waals surface area (Å²) in [6.07, 6.45) is -1.58. The number of carbonyl (C=O) groups excluding carboxylic acids is 1. The molecule has 0 saturated heterocycles. The van der Waals surface area contributed by atoms with Gasteiger partial charge in [0.05, 0.1) is 17.6 Å². The molecule has 2 amide bonds. The highest BCUT2D eigenvalue weighted by Crippen LogP contribution is 2.23. The Morgan fingerprint density at radius 2 is 1.77 bits per heavy atom. The zero-order valence-corrected chi connectivity index (χ0v) is 17.1. The third kappa shape index (κ3) is 5.73. The van der Waals surface area contributed by atoms with Crippen molar-refractivity contribution in [3.63, 3.8) is 0 Å². The molecule has 1 aromatic heterocycles. The fourth-order valence-corrected chi connectivity index (χ4v) is 3.16. The van der Waals surface area contributed by atoms with E-state index >= 15 is 0 Å². The Morgan fingerprint density at radius 3 is 2.50 bits per heavy atom. The molecule has 0 aliphatic carbocycles. The minimum absolute atomic E-state index is 0.191. The number of rotatable bonds is 8. The van der Waals surface area contributed by atoms with E-state index in [-0.39, 0.29) is 18.6 Å². The maximum atomic E-state index is 12.1. The van der Waals surface area contributed by atoms with Gasteiger partial charge in [-0.15, -0.1) is 0 Å². The number of ether oxygens (including phenoxy) is 1. The van der Waals surface area contributed by atoms with Crippen LogP contribution in [0.25, 0.3) is 11.0 Å². The molecular formula is C22H26N4O4. The Balaban J connectivity index is 1.69. The van der Waals surface area contributed by atoms with Gasteiger partial charge in [0.1, 0.15) is 12.4 Å². The second kappa shape index (κ2) is 9.30. The maximum absolute atomic E-state index is 12.1. The third-order valence-electron chi connectivity index (χ3n) is 4.64. The minimum atomic E-state index is -1.05. The van der Waals surface area contributed by atoms with Crippen LogP contribution in [0.2, 0.25) is 0 Å². The molecule has 0 saturated carbocycles. The lowest BCUT2D eigenvalue weighted by Gasteiger charge is -2.26. The standard InChI is InChI=1S/C22H26N4O4/c1-22(2,14-24-20(27)28)15-26-18-11-7-6-10-17(18)25-19(26)12-23-21(29)30-13-16-8-4-3-5-9-16/h3-11,24H,12-15H2,1-2H3,(H,23,29)(H,27,28). The number of hydrogen-bond acceptors (Lipinski definition) is 4. The van der Waals surface area contributed by atoms with Crippen LogP contribution in [0.1, 0.15) is 25.2 Å². The minimum Gasteiger partial charge on any atom is -0.465 e. The van der Waals surface area contributed by atoms with Crippen molar-refractivity contribution >= 4 is 23.2 Å². The second-order valence-corrected chi connectivity index (χ2v) is 7.84. The Hall–Kier alpha value is -3.55. The Bertz CT molecular complexity index is 1010. The number of nitrogens with zero attached hydrogens (tertiary/aromatic N) is 2. The van der Waals surface area contributed by atoms with Crippen LogP contribution in [0.5, 0.6) is 0 Å². The van der Waals surface area contributed by atoms with Crippen LogP contribution in [0, 0.1) is 5.41 Å². The van der Waals surface area contributed by atoms with Crippen LogP contribution >= 0.6 is 0 Å². The van der Waals surface area contributed by atoms with Gasteiger partial charge in [-0.1, -0.05) is 56.3 Å². The second-order valence-electron chi connectivity index (χ2n) is 7.84. The van der Waals surface area contributed by atoms with Crippen LogP contribution < -0.4 is 10.6 Å². The predicted octanol–water partition coefficient (Wildman–Crippen LogP) is 3.76. The van der Waals surface area contributed by atoms with Crippen LogP contribution in [-0.2, 0) is 24.4 Å². The number of alkyl carbamates (subject to hydrolysis) is 1. The van der Waals surface area contributed by atoms with Gasteiger partial charge in [-0.3, -0.25) is 0 Å². The van der Waals surface area contributed by atoms with Crippen molar-refractivity contribution < 1.29 is 19.4 Å². The number of aromatic nitrogens is 2. The molecule has 0 unspecified atom stereocenters. The normalized spacial score (nSPS) is 11.3. The van der Waals surface area contributed by atoms with Crippen molar-refractivity contribution in [1.82, 2.24) is 20.2 Å². The van der Waals surface area contributed by atoms with Crippen LogP contribution in [0.4, 0.5) is 9.59 Å². The average Bonchev–Trinajstić information content (AvgIpc) is 3.07. The predicted molar refractivity (Wildman–Crippen MR) is 113 cm³/mol. The van der Waals surface area contributed by atoms with E-state index in [1.165, 1.54) is 0 Å². The molecule has 0 aliphatic rings. The first-order chi connectivity index (χ1) is 14.3. The number of nitrogens with one attached hydrogen (secondary N) is 2. The SMILES string of the molecule is CC(C)(CNC(=O)O)Cn1c(CNC(=O)OCc2ccccc2)nc2ccccc21. The quantitative estimate of drug-likeness (QED) is 0.524. The van der Waals surface area contributed by atoms with Crippen molar-refractivity contribution in [2.75, 3.05) is 6.54 Å². The summed E-state index contributed by atoms with van der Waals surface area (Å²) in [6, 6.07) is 17.2. The summed E-state index contributed by atoms with van der Waals surface area (Å²) in [4.78, 5) is 27.6. The van der Waals surface area contributed by atoms with E-state index in [1.807, 2.05) is 73.0 Å². The molecule has 30 heavy (non-hydrogen) atoms. The molecule has 158 valence electrons. The highest BCUT2D eigenvalue weighted by Gasteiger charge is 2.23. The monoisotopic (exact) mass is 410 g/mol. The molecule has 8 heteroatoms. The molecule has 3 N–H and O–H groups in total. The summed E-state index contributed by atoms with van der Waals surface area (Å²) >= 11 is 0. The van der Waals surface area contributed by atoms with Crippen molar-refractivity contribution in [2.24, 2.45) is 5.41 Å². The fraction of sp³-hybridized carbons (Fsp3) is 0.318. The summed E-state index contributed by atoms with van der Waals surface area (Å²) in [5.74, 6) is 0.677. The lowest BCUT2D eigenvalue weighted by Crippen LogP contribution is -2.36. The number of carbonyl (C=O) groups is 2. The van der Waals surface area contributed by atoms with Gasteiger partial charge in [0.2, 0.25) is 0 Å². The van der Waals surface area contributed by atoms with Gasteiger partial charge in [-0.05, 0) is 17.7 Å². The third-order valence-corrected chi connectivity index (χ3v) is 4.64. The summed E-state index contributed by atoms with van der Waals surface area (Å²) in [5.41, 5.74) is 2.29. The number of hydrogen-bond donors (Lipinski definition) is 3. The summed E-state index contributed by atoms with van der Waals surface area (Å²) < 4.78 is 7.28. The van der Waals surface area contributed by atoms with Gasteiger partial charge in [0, 0.05) is 18.5 Å². The molecule has 3 rings (SSSR count). The number of fused-ring (bicyclic) bond motifs is 1. The van der Waals surface area contributed by atoms with Crippen LogP contribution in [0.3, 0.4) is 0 Å². The smallest absolute Gasteiger partial charge is 0.407 e. The van der Waals surface area contributed by atoms with Gasteiger partial charge >= 0.3 is 12.2 Å². The van der Waals surface area contributed by atoms with Crippen LogP contribution in [0.15, 0.2) is 54.6 Å². The topological polar surface area (TPSA) is 105 Å².